The molecule has 0 saturated carbocycles. The summed E-state index contributed by atoms with van der Waals surface area (Å²) in [5, 5.41) is 3.41. The SMILES string of the molecule is CCNC(C)c1ccccc1Sc1cccc(F)c1. The Bertz CT molecular complexity index is 542. The molecule has 0 saturated heterocycles. The third-order valence-corrected chi connectivity index (χ3v) is 4.00. The molecule has 100 valence electrons. The van der Waals surface area contributed by atoms with Crippen LogP contribution in [0.5, 0.6) is 0 Å². The molecule has 2 aromatic carbocycles. The maximum atomic E-state index is 13.2. The van der Waals surface area contributed by atoms with Gasteiger partial charge in [0.05, 0.1) is 0 Å². The van der Waals surface area contributed by atoms with Gasteiger partial charge in [0.25, 0.3) is 0 Å². The fraction of sp³-hybridized carbons (Fsp3) is 0.250. The maximum Gasteiger partial charge on any atom is 0.124 e. The summed E-state index contributed by atoms with van der Waals surface area (Å²) in [4.78, 5) is 2.10. The highest BCUT2D eigenvalue weighted by Gasteiger charge is 2.10. The zero-order valence-electron chi connectivity index (χ0n) is 11.2. The summed E-state index contributed by atoms with van der Waals surface area (Å²) in [7, 11) is 0. The van der Waals surface area contributed by atoms with E-state index in [2.05, 4.69) is 31.3 Å². The number of rotatable bonds is 5. The third kappa shape index (κ3) is 3.82. The van der Waals surface area contributed by atoms with Crippen LogP contribution >= 0.6 is 11.8 Å². The number of halogens is 1. The minimum atomic E-state index is -0.192. The van der Waals surface area contributed by atoms with Crippen molar-refractivity contribution in [1.82, 2.24) is 5.32 Å². The molecule has 3 heteroatoms. The Morgan fingerprint density at radius 3 is 2.68 bits per heavy atom. The number of hydrogen-bond acceptors (Lipinski definition) is 2. The van der Waals surface area contributed by atoms with Gasteiger partial charge in [-0.3, -0.25) is 0 Å². The van der Waals surface area contributed by atoms with Gasteiger partial charge in [0, 0.05) is 15.8 Å². The first-order chi connectivity index (χ1) is 9.20. The monoisotopic (exact) mass is 275 g/mol. The van der Waals surface area contributed by atoms with Crippen molar-refractivity contribution in [3.05, 3.63) is 59.9 Å². The lowest BCUT2D eigenvalue weighted by molar-refractivity contribution is 0.590. The van der Waals surface area contributed by atoms with Crippen LogP contribution in [0.3, 0.4) is 0 Å². The van der Waals surface area contributed by atoms with E-state index in [1.807, 2.05) is 18.2 Å². The van der Waals surface area contributed by atoms with E-state index in [9.17, 15) is 4.39 Å². The Balaban J connectivity index is 2.25. The normalized spacial score (nSPS) is 12.4. The maximum absolute atomic E-state index is 13.2. The van der Waals surface area contributed by atoms with E-state index in [0.717, 1.165) is 11.4 Å². The van der Waals surface area contributed by atoms with Crippen molar-refractivity contribution in [3.63, 3.8) is 0 Å². The lowest BCUT2D eigenvalue weighted by Gasteiger charge is -2.16. The van der Waals surface area contributed by atoms with Gasteiger partial charge in [0.2, 0.25) is 0 Å². The largest absolute Gasteiger partial charge is 0.310 e. The van der Waals surface area contributed by atoms with E-state index in [1.165, 1.54) is 16.5 Å². The minimum absolute atomic E-state index is 0.192. The Labute approximate surface area is 118 Å². The van der Waals surface area contributed by atoms with E-state index in [-0.39, 0.29) is 5.82 Å². The van der Waals surface area contributed by atoms with Crippen LogP contribution in [0, 0.1) is 5.82 Å². The molecule has 2 aromatic rings. The first-order valence-corrected chi connectivity index (χ1v) is 7.28. The lowest BCUT2D eigenvalue weighted by atomic mass is 10.1. The number of benzene rings is 2. The highest BCUT2D eigenvalue weighted by Crippen LogP contribution is 2.33. The third-order valence-electron chi connectivity index (χ3n) is 2.92. The average Bonchev–Trinajstić information content (AvgIpc) is 2.39. The summed E-state index contributed by atoms with van der Waals surface area (Å²) in [5.41, 5.74) is 1.25. The highest BCUT2D eigenvalue weighted by molar-refractivity contribution is 7.99. The van der Waals surface area contributed by atoms with Crippen LogP contribution in [-0.4, -0.2) is 6.54 Å². The van der Waals surface area contributed by atoms with Crippen molar-refractivity contribution in [1.29, 1.82) is 0 Å². The van der Waals surface area contributed by atoms with Gasteiger partial charge < -0.3 is 5.32 Å². The van der Waals surface area contributed by atoms with Gasteiger partial charge in [-0.1, -0.05) is 43.0 Å². The van der Waals surface area contributed by atoms with Crippen LogP contribution < -0.4 is 5.32 Å². The Kier molecular flexibility index (Phi) is 5.00. The molecule has 1 nitrogen and oxygen atoms in total. The van der Waals surface area contributed by atoms with Crippen molar-refractivity contribution in [3.8, 4) is 0 Å². The molecule has 0 radical (unpaired) electrons. The Morgan fingerprint density at radius 1 is 1.16 bits per heavy atom. The zero-order chi connectivity index (χ0) is 13.7. The Hall–Kier alpha value is -1.32. The van der Waals surface area contributed by atoms with E-state index in [1.54, 1.807) is 23.9 Å². The molecule has 0 aromatic heterocycles. The standard InChI is InChI=1S/C16H18FNS/c1-3-18-12(2)15-9-4-5-10-16(15)19-14-8-6-7-13(17)11-14/h4-12,18H,3H2,1-2H3. The lowest BCUT2D eigenvalue weighted by Crippen LogP contribution is -2.18. The van der Waals surface area contributed by atoms with Gasteiger partial charge in [0.1, 0.15) is 5.82 Å². The Morgan fingerprint density at radius 2 is 1.95 bits per heavy atom. The summed E-state index contributed by atoms with van der Waals surface area (Å²) >= 11 is 1.60. The van der Waals surface area contributed by atoms with Gasteiger partial charge in [-0.2, -0.15) is 0 Å². The van der Waals surface area contributed by atoms with Crippen LogP contribution in [0.4, 0.5) is 4.39 Å². The quantitative estimate of drug-likeness (QED) is 0.852. The van der Waals surface area contributed by atoms with Gasteiger partial charge >= 0.3 is 0 Å². The summed E-state index contributed by atoms with van der Waals surface area (Å²) in [6.07, 6.45) is 0. The average molecular weight is 275 g/mol. The zero-order valence-corrected chi connectivity index (χ0v) is 12.0. The van der Waals surface area contributed by atoms with E-state index in [4.69, 9.17) is 0 Å². The highest BCUT2D eigenvalue weighted by atomic mass is 32.2. The fourth-order valence-electron chi connectivity index (χ4n) is 2.00. The van der Waals surface area contributed by atoms with Crippen LogP contribution in [0.25, 0.3) is 0 Å². The van der Waals surface area contributed by atoms with Gasteiger partial charge in [-0.05, 0) is 43.3 Å². The van der Waals surface area contributed by atoms with Crippen molar-refractivity contribution in [2.75, 3.05) is 6.54 Å². The molecule has 19 heavy (non-hydrogen) atoms. The molecular formula is C16H18FNS. The second-order valence-electron chi connectivity index (χ2n) is 4.38. The van der Waals surface area contributed by atoms with Crippen LogP contribution in [-0.2, 0) is 0 Å². The summed E-state index contributed by atoms with van der Waals surface area (Å²) < 4.78 is 13.2. The summed E-state index contributed by atoms with van der Waals surface area (Å²) in [6, 6.07) is 15.3. The number of hydrogen-bond donors (Lipinski definition) is 1. The molecule has 0 bridgehead atoms. The second-order valence-corrected chi connectivity index (χ2v) is 5.49. The van der Waals surface area contributed by atoms with Gasteiger partial charge in [-0.15, -0.1) is 0 Å². The number of nitrogens with one attached hydrogen (secondary N) is 1. The summed E-state index contributed by atoms with van der Waals surface area (Å²) in [5.74, 6) is -0.192. The minimum Gasteiger partial charge on any atom is -0.310 e. The molecule has 0 amide bonds. The molecule has 0 fully saturated rings. The predicted molar refractivity (Wildman–Crippen MR) is 79.1 cm³/mol. The molecule has 1 N–H and O–H groups in total. The first kappa shape index (κ1) is 14.1. The van der Waals surface area contributed by atoms with Gasteiger partial charge in [0.15, 0.2) is 0 Å². The molecule has 0 heterocycles. The molecule has 0 aliphatic carbocycles. The van der Waals surface area contributed by atoms with Crippen molar-refractivity contribution in [2.45, 2.75) is 29.7 Å². The molecule has 1 unspecified atom stereocenters. The van der Waals surface area contributed by atoms with Crippen molar-refractivity contribution < 1.29 is 4.39 Å². The second kappa shape index (κ2) is 6.73. The summed E-state index contributed by atoms with van der Waals surface area (Å²) in [6.45, 7) is 5.17. The molecule has 2 rings (SSSR count). The van der Waals surface area contributed by atoms with Crippen LogP contribution in [0.2, 0.25) is 0 Å². The molecule has 0 aliphatic heterocycles. The first-order valence-electron chi connectivity index (χ1n) is 6.46. The molecule has 0 spiro atoms. The van der Waals surface area contributed by atoms with Crippen LogP contribution in [0.15, 0.2) is 58.3 Å². The van der Waals surface area contributed by atoms with Crippen molar-refractivity contribution >= 4 is 11.8 Å². The van der Waals surface area contributed by atoms with Gasteiger partial charge in [-0.25, -0.2) is 4.39 Å². The molecular weight excluding hydrogens is 257 g/mol. The topological polar surface area (TPSA) is 12.0 Å². The van der Waals surface area contributed by atoms with E-state index >= 15 is 0 Å². The molecule has 1 atom stereocenters. The predicted octanol–water partition coefficient (Wildman–Crippen LogP) is 4.65. The van der Waals surface area contributed by atoms with Crippen LogP contribution in [0.1, 0.15) is 25.5 Å². The smallest absolute Gasteiger partial charge is 0.124 e. The fourth-order valence-corrected chi connectivity index (χ4v) is 3.09. The molecule has 0 aliphatic rings. The van der Waals surface area contributed by atoms with E-state index < -0.39 is 0 Å². The van der Waals surface area contributed by atoms with Crippen molar-refractivity contribution in [2.24, 2.45) is 0 Å². The van der Waals surface area contributed by atoms with E-state index in [0.29, 0.717) is 6.04 Å².